The number of nitrogens with one attached hydrogen (secondary N) is 1. The first-order valence-corrected chi connectivity index (χ1v) is 9.49. The Kier molecular flexibility index (Phi) is 5.12. The molecule has 1 fully saturated rings. The number of anilines is 1. The highest BCUT2D eigenvalue weighted by molar-refractivity contribution is 5.85. The van der Waals surface area contributed by atoms with Crippen molar-refractivity contribution in [2.24, 2.45) is 0 Å². The molecule has 0 bridgehead atoms. The summed E-state index contributed by atoms with van der Waals surface area (Å²) in [6.07, 6.45) is 3.45. The van der Waals surface area contributed by atoms with Crippen LogP contribution in [0, 0.1) is 0 Å². The van der Waals surface area contributed by atoms with E-state index in [1.165, 1.54) is 5.69 Å². The Morgan fingerprint density at radius 3 is 2.61 bits per heavy atom. The summed E-state index contributed by atoms with van der Waals surface area (Å²) in [7, 11) is 2.16. The van der Waals surface area contributed by atoms with Gasteiger partial charge in [-0.2, -0.15) is 0 Å². The number of H-pyrrole nitrogens is 1. The molecule has 0 atom stereocenters. The van der Waals surface area contributed by atoms with Crippen LogP contribution in [0.4, 0.5) is 5.69 Å². The number of fused-ring (bicyclic) bond motifs is 1. The highest BCUT2D eigenvalue weighted by Gasteiger charge is 2.15. The van der Waals surface area contributed by atoms with E-state index in [0.29, 0.717) is 6.42 Å². The first-order chi connectivity index (χ1) is 13.6. The molecule has 0 aliphatic carbocycles. The number of imidazole rings is 1. The van der Waals surface area contributed by atoms with Crippen LogP contribution in [0.1, 0.15) is 17.0 Å². The molecule has 28 heavy (non-hydrogen) atoms. The van der Waals surface area contributed by atoms with Crippen LogP contribution in [0.15, 0.2) is 48.5 Å². The Labute approximate surface area is 164 Å². The van der Waals surface area contributed by atoms with Gasteiger partial charge in [-0.3, -0.25) is 0 Å². The molecule has 6 nitrogen and oxygen atoms in total. The molecule has 0 unspecified atom stereocenters. The Balaban J connectivity index is 1.48. The van der Waals surface area contributed by atoms with Gasteiger partial charge in [-0.05, 0) is 42.4 Å². The van der Waals surface area contributed by atoms with E-state index in [4.69, 9.17) is 10.1 Å². The number of aromatic amines is 1. The summed E-state index contributed by atoms with van der Waals surface area (Å²) in [5, 5.41) is 8.70. The first kappa shape index (κ1) is 18.3. The number of carbonyl (C=O) groups is 1. The summed E-state index contributed by atoms with van der Waals surface area (Å²) in [5.74, 6) is -0.0124. The third-order valence-corrected chi connectivity index (χ3v) is 5.15. The second-order valence-electron chi connectivity index (χ2n) is 7.27. The van der Waals surface area contributed by atoms with E-state index in [1.54, 1.807) is 6.08 Å². The highest BCUT2D eigenvalue weighted by Crippen LogP contribution is 2.22. The van der Waals surface area contributed by atoms with Gasteiger partial charge in [0.2, 0.25) is 0 Å². The number of benzene rings is 2. The van der Waals surface area contributed by atoms with Gasteiger partial charge in [0, 0.05) is 44.4 Å². The maximum absolute atomic E-state index is 10.6. The van der Waals surface area contributed by atoms with E-state index in [2.05, 4.69) is 40.0 Å². The first-order valence-electron chi connectivity index (χ1n) is 9.49. The Bertz CT molecular complexity index is 999. The second-order valence-corrected chi connectivity index (χ2v) is 7.27. The van der Waals surface area contributed by atoms with Gasteiger partial charge < -0.3 is 19.9 Å². The van der Waals surface area contributed by atoms with E-state index in [1.807, 2.05) is 24.3 Å². The number of rotatable bonds is 5. The van der Waals surface area contributed by atoms with Gasteiger partial charge >= 0.3 is 5.97 Å². The molecule has 1 aliphatic heterocycles. The van der Waals surface area contributed by atoms with Gasteiger partial charge in [0.25, 0.3) is 0 Å². The van der Waals surface area contributed by atoms with Crippen LogP contribution in [0.2, 0.25) is 0 Å². The van der Waals surface area contributed by atoms with Gasteiger partial charge in [-0.1, -0.05) is 24.3 Å². The Morgan fingerprint density at radius 1 is 1.14 bits per heavy atom. The quantitative estimate of drug-likeness (QED) is 0.670. The lowest BCUT2D eigenvalue weighted by molar-refractivity contribution is -0.131. The van der Waals surface area contributed by atoms with Gasteiger partial charge in [0.05, 0.1) is 11.0 Å². The summed E-state index contributed by atoms with van der Waals surface area (Å²) >= 11 is 0. The van der Waals surface area contributed by atoms with E-state index in [-0.39, 0.29) is 0 Å². The van der Waals surface area contributed by atoms with E-state index in [0.717, 1.165) is 60.2 Å². The average molecular weight is 376 g/mol. The molecule has 144 valence electrons. The molecule has 0 saturated carbocycles. The summed E-state index contributed by atoms with van der Waals surface area (Å²) in [6.45, 7) is 4.27. The minimum Gasteiger partial charge on any atom is -0.478 e. The zero-order valence-corrected chi connectivity index (χ0v) is 15.9. The van der Waals surface area contributed by atoms with Gasteiger partial charge in [-0.25, -0.2) is 9.78 Å². The molecular formula is C22H24N4O2. The smallest absolute Gasteiger partial charge is 0.328 e. The molecule has 2 N–H and O–H groups in total. The summed E-state index contributed by atoms with van der Waals surface area (Å²) < 4.78 is 0. The van der Waals surface area contributed by atoms with Crippen LogP contribution in [-0.2, 0) is 11.2 Å². The fraction of sp³-hybridized carbons (Fsp3) is 0.273. The number of aromatic nitrogens is 2. The van der Waals surface area contributed by atoms with Gasteiger partial charge in [-0.15, -0.1) is 0 Å². The predicted octanol–water partition coefficient (Wildman–Crippen LogP) is 3.00. The van der Waals surface area contributed by atoms with Crippen molar-refractivity contribution in [1.29, 1.82) is 0 Å². The molecule has 0 amide bonds. The van der Waals surface area contributed by atoms with Gasteiger partial charge in [0.1, 0.15) is 5.82 Å². The van der Waals surface area contributed by atoms with Crippen molar-refractivity contribution in [2.75, 3.05) is 38.1 Å². The van der Waals surface area contributed by atoms with Crippen LogP contribution in [0.5, 0.6) is 0 Å². The minimum absolute atomic E-state index is 0.710. The number of hydrogen-bond donors (Lipinski definition) is 2. The monoisotopic (exact) mass is 376 g/mol. The molecule has 2 heterocycles. The molecule has 2 aromatic carbocycles. The number of carboxylic acids is 1. The summed E-state index contributed by atoms with van der Waals surface area (Å²) in [6, 6.07) is 14.3. The molecule has 4 rings (SSSR count). The predicted molar refractivity (Wildman–Crippen MR) is 112 cm³/mol. The lowest BCUT2D eigenvalue weighted by Gasteiger charge is -2.34. The third kappa shape index (κ3) is 4.23. The molecule has 3 aromatic rings. The number of aliphatic carboxylic acids is 1. The number of nitrogens with zero attached hydrogens (tertiary/aromatic N) is 3. The fourth-order valence-electron chi connectivity index (χ4n) is 3.50. The van der Waals surface area contributed by atoms with Crippen LogP contribution in [-0.4, -0.2) is 59.2 Å². The van der Waals surface area contributed by atoms with Crippen LogP contribution < -0.4 is 4.90 Å². The maximum Gasteiger partial charge on any atom is 0.328 e. The topological polar surface area (TPSA) is 72.5 Å². The molecule has 6 heteroatoms. The van der Waals surface area contributed by atoms with Crippen LogP contribution in [0.3, 0.4) is 0 Å². The summed E-state index contributed by atoms with van der Waals surface area (Å²) in [4.78, 5) is 23.5. The average Bonchev–Trinajstić information content (AvgIpc) is 3.09. The van der Waals surface area contributed by atoms with Crippen LogP contribution in [0.25, 0.3) is 17.1 Å². The van der Waals surface area contributed by atoms with Crippen molar-refractivity contribution >= 4 is 28.8 Å². The number of likely N-dealkylation sites (N-methyl/N-ethyl adjacent to an activating group) is 1. The SMILES string of the molecule is CN1CCN(c2ccc3nc(Cc4ccc(/C=C/C(=O)O)cc4)[nH]c3c2)CC1. The second kappa shape index (κ2) is 7.86. The van der Waals surface area contributed by atoms with Crippen molar-refractivity contribution in [2.45, 2.75) is 6.42 Å². The standard InChI is InChI=1S/C22H24N4O2/c1-25-10-12-26(13-11-25)18-7-8-19-20(15-18)24-21(23-19)14-17-4-2-16(3-5-17)6-9-22(27)28/h2-9,15H,10-14H2,1H3,(H,23,24)(H,27,28)/b9-6+. The minimum atomic E-state index is -0.942. The Hall–Kier alpha value is -3.12. The Morgan fingerprint density at radius 2 is 1.89 bits per heavy atom. The van der Waals surface area contributed by atoms with Crippen molar-refractivity contribution < 1.29 is 9.90 Å². The van der Waals surface area contributed by atoms with E-state index in [9.17, 15) is 4.79 Å². The van der Waals surface area contributed by atoms with Crippen molar-refractivity contribution in [1.82, 2.24) is 14.9 Å². The number of hydrogen-bond acceptors (Lipinski definition) is 4. The molecule has 1 saturated heterocycles. The highest BCUT2D eigenvalue weighted by atomic mass is 16.4. The van der Waals surface area contributed by atoms with Crippen molar-refractivity contribution in [3.05, 3.63) is 65.5 Å². The third-order valence-electron chi connectivity index (χ3n) is 5.15. The van der Waals surface area contributed by atoms with E-state index >= 15 is 0 Å². The molecular weight excluding hydrogens is 352 g/mol. The maximum atomic E-state index is 10.6. The number of piperazine rings is 1. The molecule has 1 aliphatic rings. The molecule has 1 aromatic heterocycles. The zero-order valence-electron chi connectivity index (χ0n) is 15.9. The van der Waals surface area contributed by atoms with Crippen molar-refractivity contribution in [3.8, 4) is 0 Å². The number of carboxylic acid groups (broad SMARTS) is 1. The molecule has 0 radical (unpaired) electrons. The van der Waals surface area contributed by atoms with Crippen molar-refractivity contribution in [3.63, 3.8) is 0 Å². The van der Waals surface area contributed by atoms with Crippen LogP contribution >= 0.6 is 0 Å². The molecule has 0 spiro atoms. The zero-order chi connectivity index (χ0) is 19.5. The fourth-order valence-corrected chi connectivity index (χ4v) is 3.50. The lowest BCUT2D eigenvalue weighted by atomic mass is 10.1. The normalized spacial score (nSPS) is 15.5. The summed E-state index contributed by atoms with van der Waals surface area (Å²) in [5.41, 5.74) is 5.28. The van der Waals surface area contributed by atoms with E-state index < -0.39 is 5.97 Å². The largest absolute Gasteiger partial charge is 0.478 e. The lowest BCUT2D eigenvalue weighted by Crippen LogP contribution is -2.44. The van der Waals surface area contributed by atoms with Gasteiger partial charge in [0.15, 0.2) is 0 Å².